The Balaban J connectivity index is 1.68. The van der Waals surface area contributed by atoms with Crippen LogP contribution in [-0.2, 0) is 6.54 Å². The number of rotatable bonds is 4. The summed E-state index contributed by atoms with van der Waals surface area (Å²) in [6, 6.07) is 13.4. The number of nitrogens with one attached hydrogen (secondary N) is 1. The minimum Gasteiger partial charge on any atom is -0.322 e. The van der Waals surface area contributed by atoms with Crippen molar-refractivity contribution in [2.24, 2.45) is 0 Å². The highest BCUT2D eigenvalue weighted by Crippen LogP contribution is 2.22. The van der Waals surface area contributed by atoms with Crippen LogP contribution in [-0.4, -0.2) is 25.7 Å². The Morgan fingerprint density at radius 2 is 2.04 bits per heavy atom. The van der Waals surface area contributed by atoms with Gasteiger partial charge >= 0.3 is 0 Å². The van der Waals surface area contributed by atoms with E-state index in [-0.39, 0.29) is 11.7 Å². The lowest BCUT2D eigenvalue weighted by Crippen LogP contribution is -2.15. The average Bonchev–Trinajstić information content (AvgIpc) is 3.15. The Morgan fingerprint density at radius 1 is 1.19 bits per heavy atom. The summed E-state index contributed by atoms with van der Waals surface area (Å²) in [5, 5.41) is 7.66. The van der Waals surface area contributed by atoms with Crippen molar-refractivity contribution < 1.29 is 9.18 Å². The Hall–Kier alpha value is -3.61. The van der Waals surface area contributed by atoms with Crippen molar-refractivity contribution in [2.75, 3.05) is 5.32 Å². The Bertz CT molecular complexity index is 1120. The molecule has 0 aliphatic rings. The first-order chi connectivity index (χ1) is 13.1. The third kappa shape index (κ3) is 3.52. The van der Waals surface area contributed by atoms with Gasteiger partial charge in [-0.25, -0.2) is 14.1 Å². The molecule has 0 aliphatic carbocycles. The molecule has 0 unspecified atom stereocenters. The number of benzene rings is 2. The van der Waals surface area contributed by atoms with Gasteiger partial charge in [0, 0.05) is 22.8 Å². The average molecular weight is 361 g/mol. The van der Waals surface area contributed by atoms with Gasteiger partial charge < -0.3 is 5.32 Å². The van der Waals surface area contributed by atoms with Crippen LogP contribution in [0, 0.1) is 12.7 Å². The van der Waals surface area contributed by atoms with Gasteiger partial charge in [-0.1, -0.05) is 18.2 Å². The molecule has 0 saturated carbocycles. The quantitative estimate of drug-likeness (QED) is 0.603. The van der Waals surface area contributed by atoms with Crippen LogP contribution in [0.3, 0.4) is 0 Å². The van der Waals surface area contributed by atoms with E-state index in [1.807, 2.05) is 24.3 Å². The van der Waals surface area contributed by atoms with E-state index in [0.29, 0.717) is 34.4 Å². The molecule has 0 aliphatic heterocycles. The van der Waals surface area contributed by atoms with Gasteiger partial charge in [-0.2, -0.15) is 5.10 Å². The van der Waals surface area contributed by atoms with Crippen LogP contribution < -0.4 is 5.32 Å². The number of halogens is 1. The first kappa shape index (κ1) is 16.8. The van der Waals surface area contributed by atoms with Crippen molar-refractivity contribution >= 4 is 22.5 Å². The second-order valence-corrected chi connectivity index (χ2v) is 6.18. The Labute approximate surface area is 154 Å². The van der Waals surface area contributed by atoms with Gasteiger partial charge in [-0.3, -0.25) is 9.78 Å². The molecule has 2 aromatic heterocycles. The van der Waals surface area contributed by atoms with Crippen molar-refractivity contribution in [1.82, 2.24) is 19.7 Å². The second kappa shape index (κ2) is 6.95. The Morgan fingerprint density at radius 3 is 2.85 bits per heavy atom. The van der Waals surface area contributed by atoms with Crippen molar-refractivity contribution in [3.63, 3.8) is 0 Å². The SMILES string of the molecule is Cc1cc(C(=O)Nc2ccccc2Cn2cncn2)c2ccc(F)cc2n1. The van der Waals surface area contributed by atoms with Gasteiger partial charge in [0.1, 0.15) is 18.5 Å². The topological polar surface area (TPSA) is 72.7 Å². The van der Waals surface area contributed by atoms with Crippen LogP contribution in [0.1, 0.15) is 21.6 Å². The zero-order valence-electron chi connectivity index (χ0n) is 14.6. The lowest BCUT2D eigenvalue weighted by atomic mass is 10.1. The summed E-state index contributed by atoms with van der Waals surface area (Å²) in [7, 11) is 0. The van der Waals surface area contributed by atoms with E-state index in [1.165, 1.54) is 18.5 Å². The number of aryl methyl sites for hydroxylation is 1. The van der Waals surface area contributed by atoms with Crippen molar-refractivity contribution in [3.8, 4) is 0 Å². The number of nitrogens with zero attached hydrogens (tertiary/aromatic N) is 4. The van der Waals surface area contributed by atoms with Crippen LogP contribution in [0.25, 0.3) is 10.9 Å². The molecule has 6 nitrogen and oxygen atoms in total. The molecule has 2 aromatic carbocycles. The molecule has 7 heteroatoms. The number of amides is 1. The molecule has 134 valence electrons. The number of carbonyl (C=O) groups is 1. The summed E-state index contributed by atoms with van der Waals surface area (Å²) in [5.41, 5.74) is 3.14. The van der Waals surface area contributed by atoms with Crippen LogP contribution in [0.4, 0.5) is 10.1 Å². The van der Waals surface area contributed by atoms with Crippen LogP contribution in [0.2, 0.25) is 0 Å². The third-order valence-electron chi connectivity index (χ3n) is 4.21. The van der Waals surface area contributed by atoms with Crippen molar-refractivity contribution in [2.45, 2.75) is 13.5 Å². The molecular formula is C20H16FN5O. The standard InChI is InChI=1S/C20H16FN5O/c1-13-8-17(16-7-6-15(21)9-19(16)24-13)20(27)25-18-5-3-2-4-14(18)10-26-12-22-11-23-26/h2-9,11-12H,10H2,1H3,(H,25,27). The molecule has 0 radical (unpaired) electrons. The zero-order chi connectivity index (χ0) is 18.8. The molecule has 27 heavy (non-hydrogen) atoms. The number of carbonyl (C=O) groups excluding carboxylic acids is 1. The summed E-state index contributed by atoms with van der Waals surface area (Å²) in [4.78, 5) is 21.2. The van der Waals surface area contributed by atoms with Gasteiger partial charge in [0.2, 0.25) is 0 Å². The fraction of sp³-hybridized carbons (Fsp3) is 0.100. The van der Waals surface area contributed by atoms with Crippen molar-refractivity contribution in [3.05, 3.63) is 83.8 Å². The van der Waals surface area contributed by atoms with E-state index >= 15 is 0 Å². The van der Waals surface area contributed by atoms with E-state index in [1.54, 1.807) is 30.1 Å². The number of hydrogen-bond acceptors (Lipinski definition) is 4. The fourth-order valence-electron chi connectivity index (χ4n) is 2.98. The van der Waals surface area contributed by atoms with Gasteiger partial charge in [0.05, 0.1) is 17.6 Å². The minimum atomic E-state index is -0.384. The van der Waals surface area contributed by atoms with E-state index in [9.17, 15) is 9.18 Å². The fourth-order valence-corrected chi connectivity index (χ4v) is 2.98. The molecule has 4 aromatic rings. The summed E-state index contributed by atoms with van der Waals surface area (Å²) < 4.78 is 15.2. The third-order valence-corrected chi connectivity index (χ3v) is 4.21. The van der Waals surface area contributed by atoms with Crippen LogP contribution in [0.5, 0.6) is 0 Å². The predicted molar refractivity (Wildman–Crippen MR) is 100.0 cm³/mol. The van der Waals surface area contributed by atoms with Crippen LogP contribution >= 0.6 is 0 Å². The van der Waals surface area contributed by atoms with Crippen molar-refractivity contribution in [1.29, 1.82) is 0 Å². The van der Waals surface area contributed by atoms with Crippen LogP contribution in [0.15, 0.2) is 61.2 Å². The summed E-state index contributed by atoms with van der Waals surface area (Å²) in [6.45, 7) is 2.26. The zero-order valence-corrected chi connectivity index (χ0v) is 14.6. The second-order valence-electron chi connectivity index (χ2n) is 6.18. The molecule has 2 heterocycles. The maximum atomic E-state index is 13.5. The maximum Gasteiger partial charge on any atom is 0.256 e. The number of anilines is 1. The maximum absolute atomic E-state index is 13.5. The molecule has 0 atom stereocenters. The van der Waals surface area contributed by atoms with E-state index in [0.717, 1.165) is 5.56 Å². The summed E-state index contributed by atoms with van der Waals surface area (Å²) >= 11 is 0. The molecule has 0 spiro atoms. The highest BCUT2D eigenvalue weighted by molar-refractivity contribution is 6.12. The number of fused-ring (bicyclic) bond motifs is 1. The van der Waals surface area contributed by atoms with E-state index < -0.39 is 0 Å². The number of para-hydroxylation sites is 1. The largest absolute Gasteiger partial charge is 0.322 e. The molecular weight excluding hydrogens is 345 g/mol. The summed E-state index contributed by atoms with van der Waals surface area (Å²) in [5.74, 6) is -0.659. The number of hydrogen-bond donors (Lipinski definition) is 1. The van der Waals surface area contributed by atoms with Gasteiger partial charge in [0.15, 0.2) is 0 Å². The van der Waals surface area contributed by atoms with E-state index in [4.69, 9.17) is 0 Å². The summed E-state index contributed by atoms with van der Waals surface area (Å²) in [6.07, 6.45) is 3.08. The highest BCUT2D eigenvalue weighted by Gasteiger charge is 2.14. The van der Waals surface area contributed by atoms with Gasteiger partial charge in [0.25, 0.3) is 5.91 Å². The predicted octanol–water partition coefficient (Wildman–Crippen LogP) is 3.57. The monoisotopic (exact) mass is 361 g/mol. The normalized spacial score (nSPS) is 10.9. The lowest BCUT2D eigenvalue weighted by Gasteiger charge is -2.13. The molecule has 0 fully saturated rings. The van der Waals surface area contributed by atoms with Gasteiger partial charge in [-0.05, 0) is 36.8 Å². The minimum absolute atomic E-state index is 0.275. The lowest BCUT2D eigenvalue weighted by molar-refractivity contribution is 0.102. The molecule has 0 saturated heterocycles. The molecule has 1 N–H and O–H groups in total. The van der Waals surface area contributed by atoms with Gasteiger partial charge in [-0.15, -0.1) is 0 Å². The Kier molecular flexibility index (Phi) is 4.33. The van der Waals surface area contributed by atoms with E-state index in [2.05, 4.69) is 20.4 Å². The molecule has 1 amide bonds. The first-order valence-electron chi connectivity index (χ1n) is 8.39. The highest BCUT2D eigenvalue weighted by atomic mass is 19.1. The first-order valence-corrected chi connectivity index (χ1v) is 8.39. The smallest absolute Gasteiger partial charge is 0.256 e. The molecule has 0 bridgehead atoms. The number of aromatic nitrogens is 4. The molecule has 4 rings (SSSR count). The number of pyridine rings is 1.